The lowest BCUT2D eigenvalue weighted by Crippen LogP contribution is -2.39. The average Bonchev–Trinajstić information content (AvgIpc) is 2.97. The standard InChI is InChI=1S/C39H70O2/c1-5-8-11-14-17-19-22-28-33-39(36-30-25-24-26-31-36,34-29-23-20-18-15-12-9-6-2)35-38(4,37(40)41)32-27-21-16-13-10-7-3/h24-26,30-31H,5-23,27-29,32-35H2,1-4H3,(H,40,41). The molecule has 0 saturated heterocycles. The van der Waals surface area contributed by atoms with E-state index in [2.05, 4.69) is 58.0 Å². The Labute approximate surface area is 256 Å². The van der Waals surface area contributed by atoms with E-state index in [9.17, 15) is 9.90 Å². The molecule has 238 valence electrons. The molecule has 1 atom stereocenters. The molecule has 0 spiro atoms. The van der Waals surface area contributed by atoms with Gasteiger partial charge >= 0.3 is 5.97 Å². The van der Waals surface area contributed by atoms with E-state index < -0.39 is 11.4 Å². The molecule has 0 heterocycles. The molecule has 1 N–H and O–H groups in total. The highest BCUT2D eigenvalue weighted by atomic mass is 16.4. The minimum atomic E-state index is -0.666. The van der Waals surface area contributed by atoms with Gasteiger partial charge in [-0.2, -0.15) is 0 Å². The number of aliphatic carboxylic acids is 1. The molecular weight excluding hydrogens is 500 g/mol. The first-order chi connectivity index (χ1) is 19.9. The van der Waals surface area contributed by atoms with Crippen molar-refractivity contribution in [2.45, 2.75) is 200 Å². The van der Waals surface area contributed by atoms with Crippen molar-refractivity contribution < 1.29 is 9.90 Å². The number of carboxylic acids is 1. The molecule has 0 radical (unpaired) electrons. The first-order valence-corrected chi connectivity index (χ1v) is 18.2. The molecule has 1 aromatic carbocycles. The number of carboxylic acid groups (broad SMARTS) is 1. The topological polar surface area (TPSA) is 37.3 Å². The Morgan fingerprint density at radius 2 is 0.878 bits per heavy atom. The number of rotatable bonds is 29. The second-order valence-corrected chi connectivity index (χ2v) is 13.7. The third kappa shape index (κ3) is 16.8. The molecule has 2 heteroatoms. The highest BCUT2D eigenvalue weighted by molar-refractivity contribution is 5.74. The van der Waals surface area contributed by atoms with Gasteiger partial charge in [0.25, 0.3) is 0 Å². The third-order valence-corrected chi connectivity index (χ3v) is 9.73. The van der Waals surface area contributed by atoms with Crippen LogP contribution in [-0.2, 0) is 10.2 Å². The summed E-state index contributed by atoms with van der Waals surface area (Å²) in [5.41, 5.74) is 0.684. The molecule has 1 rings (SSSR count). The summed E-state index contributed by atoms with van der Waals surface area (Å²) in [6.07, 6.45) is 32.2. The van der Waals surface area contributed by atoms with Gasteiger partial charge in [0.15, 0.2) is 0 Å². The maximum atomic E-state index is 12.9. The smallest absolute Gasteiger partial charge is 0.309 e. The quantitative estimate of drug-likeness (QED) is 0.0972. The van der Waals surface area contributed by atoms with Gasteiger partial charge in [-0.3, -0.25) is 4.79 Å². The Balaban J connectivity index is 2.99. The van der Waals surface area contributed by atoms with Gasteiger partial charge < -0.3 is 5.11 Å². The second kappa shape index (κ2) is 24.2. The van der Waals surface area contributed by atoms with E-state index in [1.165, 1.54) is 134 Å². The zero-order chi connectivity index (χ0) is 30.1. The fourth-order valence-corrected chi connectivity index (χ4v) is 6.99. The SMILES string of the molecule is CCCCCCCCCCC(CCCCCCCCCC)(CC(C)(CCCCCCCC)C(=O)O)c1ccccc1. The third-order valence-electron chi connectivity index (χ3n) is 9.73. The summed E-state index contributed by atoms with van der Waals surface area (Å²) >= 11 is 0. The maximum absolute atomic E-state index is 12.9. The lowest BCUT2D eigenvalue weighted by Gasteiger charge is -2.41. The van der Waals surface area contributed by atoms with Crippen molar-refractivity contribution in [2.24, 2.45) is 5.41 Å². The maximum Gasteiger partial charge on any atom is 0.309 e. The highest BCUT2D eigenvalue weighted by Crippen LogP contribution is 2.47. The van der Waals surface area contributed by atoms with Crippen LogP contribution < -0.4 is 0 Å². The van der Waals surface area contributed by atoms with E-state index in [4.69, 9.17) is 0 Å². The van der Waals surface area contributed by atoms with Gasteiger partial charge in [0, 0.05) is 0 Å². The molecule has 2 nitrogen and oxygen atoms in total. The van der Waals surface area contributed by atoms with Crippen LogP contribution in [0.3, 0.4) is 0 Å². The summed E-state index contributed by atoms with van der Waals surface area (Å²) in [5.74, 6) is -0.585. The first-order valence-electron chi connectivity index (χ1n) is 18.2. The number of hydrogen-bond donors (Lipinski definition) is 1. The van der Waals surface area contributed by atoms with Gasteiger partial charge in [-0.25, -0.2) is 0 Å². The molecular formula is C39H70O2. The molecule has 0 amide bonds. The van der Waals surface area contributed by atoms with Crippen molar-refractivity contribution in [3.63, 3.8) is 0 Å². The van der Waals surface area contributed by atoms with Crippen molar-refractivity contribution in [3.8, 4) is 0 Å². The number of carbonyl (C=O) groups is 1. The Kier molecular flexibility index (Phi) is 22.2. The minimum Gasteiger partial charge on any atom is -0.481 e. The lowest BCUT2D eigenvalue weighted by atomic mass is 9.62. The van der Waals surface area contributed by atoms with Crippen molar-refractivity contribution in [2.75, 3.05) is 0 Å². The van der Waals surface area contributed by atoms with Gasteiger partial charge in [-0.1, -0.05) is 192 Å². The Morgan fingerprint density at radius 3 is 1.24 bits per heavy atom. The van der Waals surface area contributed by atoms with Gasteiger partial charge in [-0.05, 0) is 43.6 Å². The van der Waals surface area contributed by atoms with Crippen LogP contribution in [0, 0.1) is 5.41 Å². The van der Waals surface area contributed by atoms with Crippen LogP contribution in [0.1, 0.15) is 200 Å². The summed E-state index contributed by atoms with van der Waals surface area (Å²) < 4.78 is 0. The van der Waals surface area contributed by atoms with Crippen molar-refractivity contribution in [3.05, 3.63) is 35.9 Å². The van der Waals surface area contributed by atoms with Crippen LogP contribution in [0.5, 0.6) is 0 Å². The zero-order valence-electron chi connectivity index (χ0n) is 28.1. The van der Waals surface area contributed by atoms with E-state index in [-0.39, 0.29) is 5.41 Å². The summed E-state index contributed by atoms with van der Waals surface area (Å²) in [6, 6.07) is 11.1. The summed E-state index contributed by atoms with van der Waals surface area (Å²) in [6.45, 7) is 8.89. The predicted octanol–water partition coefficient (Wildman–Crippen LogP) is 13.2. The Morgan fingerprint density at radius 1 is 0.537 bits per heavy atom. The fraction of sp³-hybridized carbons (Fsp3) is 0.821. The van der Waals surface area contributed by atoms with E-state index >= 15 is 0 Å². The van der Waals surface area contributed by atoms with Crippen LogP contribution in [0.25, 0.3) is 0 Å². The van der Waals surface area contributed by atoms with E-state index in [1.807, 2.05) is 0 Å². The molecule has 0 aliphatic carbocycles. The molecule has 0 aliphatic rings. The Bertz CT molecular complexity index is 706. The summed E-state index contributed by atoms with van der Waals surface area (Å²) in [5, 5.41) is 10.6. The lowest BCUT2D eigenvalue weighted by molar-refractivity contribution is -0.150. The highest BCUT2D eigenvalue weighted by Gasteiger charge is 2.43. The van der Waals surface area contributed by atoms with E-state index in [0.717, 1.165) is 38.5 Å². The van der Waals surface area contributed by atoms with E-state index in [0.29, 0.717) is 0 Å². The zero-order valence-corrected chi connectivity index (χ0v) is 28.1. The molecule has 1 unspecified atom stereocenters. The Hall–Kier alpha value is -1.31. The number of hydrogen-bond acceptors (Lipinski definition) is 1. The van der Waals surface area contributed by atoms with Crippen molar-refractivity contribution in [1.29, 1.82) is 0 Å². The van der Waals surface area contributed by atoms with Gasteiger partial charge in [-0.15, -0.1) is 0 Å². The molecule has 41 heavy (non-hydrogen) atoms. The van der Waals surface area contributed by atoms with Crippen LogP contribution in [0.4, 0.5) is 0 Å². The van der Waals surface area contributed by atoms with Gasteiger partial charge in [0.1, 0.15) is 0 Å². The van der Waals surface area contributed by atoms with E-state index in [1.54, 1.807) is 0 Å². The summed E-state index contributed by atoms with van der Waals surface area (Å²) in [7, 11) is 0. The van der Waals surface area contributed by atoms with Gasteiger partial charge in [0.2, 0.25) is 0 Å². The summed E-state index contributed by atoms with van der Waals surface area (Å²) in [4.78, 5) is 12.9. The molecule has 1 aromatic rings. The monoisotopic (exact) mass is 571 g/mol. The normalized spacial score (nSPS) is 13.4. The molecule has 0 fully saturated rings. The van der Waals surface area contributed by atoms with Crippen molar-refractivity contribution >= 4 is 5.97 Å². The van der Waals surface area contributed by atoms with Crippen LogP contribution in [0.2, 0.25) is 0 Å². The second-order valence-electron chi connectivity index (χ2n) is 13.7. The number of benzene rings is 1. The largest absolute Gasteiger partial charge is 0.481 e. The van der Waals surface area contributed by atoms with Crippen LogP contribution >= 0.6 is 0 Å². The van der Waals surface area contributed by atoms with Crippen LogP contribution in [-0.4, -0.2) is 11.1 Å². The van der Waals surface area contributed by atoms with Crippen molar-refractivity contribution in [1.82, 2.24) is 0 Å². The first kappa shape index (κ1) is 37.7. The molecule has 0 bridgehead atoms. The predicted molar refractivity (Wildman–Crippen MR) is 181 cm³/mol. The molecule has 0 aromatic heterocycles. The average molecular weight is 571 g/mol. The fourth-order valence-electron chi connectivity index (χ4n) is 6.99. The van der Waals surface area contributed by atoms with Crippen LogP contribution in [0.15, 0.2) is 30.3 Å². The minimum absolute atomic E-state index is 0.0406. The molecule has 0 saturated carbocycles. The van der Waals surface area contributed by atoms with Gasteiger partial charge in [0.05, 0.1) is 5.41 Å². The number of unbranched alkanes of at least 4 members (excludes halogenated alkanes) is 19. The molecule has 0 aliphatic heterocycles.